The predicted molar refractivity (Wildman–Crippen MR) is 88.4 cm³/mol. The first-order valence-electron chi connectivity index (χ1n) is 8.20. The zero-order chi connectivity index (χ0) is 21.5. The van der Waals surface area contributed by atoms with Gasteiger partial charge in [-0.3, -0.25) is 0 Å². The van der Waals surface area contributed by atoms with E-state index in [4.69, 9.17) is 5.73 Å². The molecule has 1 aromatic rings. The quantitative estimate of drug-likeness (QED) is 0.494. The maximum Gasteiger partial charge on any atom is 0.435 e. The number of hydrogen-bond donors (Lipinski definition) is 2. The summed E-state index contributed by atoms with van der Waals surface area (Å²) in [7, 11) is 0. The Morgan fingerprint density at radius 3 is 2.14 bits per heavy atom. The second-order valence-corrected chi connectivity index (χ2v) is 6.73. The number of halogens is 8. The van der Waals surface area contributed by atoms with Gasteiger partial charge in [0.1, 0.15) is 5.83 Å². The number of nitrogens with one attached hydrogen (secondary N) is 1. The normalized spacial score (nSPS) is 18.9. The summed E-state index contributed by atoms with van der Waals surface area (Å²) in [4.78, 5) is 0. The summed E-state index contributed by atoms with van der Waals surface area (Å²) in [6.45, 7) is 3.18. The van der Waals surface area contributed by atoms with Crippen LogP contribution < -0.4 is 11.1 Å². The summed E-state index contributed by atoms with van der Waals surface area (Å²) >= 11 is 0. The van der Waals surface area contributed by atoms with Crippen molar-refractivity contribution in [3.05, 3.63) is 52.5 Å². The molecule has 1 atom stereocenters. The van der Waals surface area contributed by atoms with Gasteiger partial charge >= 0.3 is 18.0 Å². The highest BCUT2D eigenvalue weighted by atomic mass is 19.4. The lowest BCUT2D eigenvalue weighted by atomic mass is 9.82. The molecule has 0 heterocycles. The number of benzene rings is 1. The number of nitrogens with two attached hydrogens (primary N) is 1. The molecule has 0 unspecified atom stereocenters. The molecular formula is C18H18F8N2. The zero-order valence-electron chi connectivity index (χ0n) is 14.9. The fraction of sp³-hybridized carbons (Fsp3) is 0.444. The Kier molecular flexibility index (Phi) is 5.73. The Morgan fingerprint density at radius 2 is 1.64 bits per heavy atom. The molecule has 2 rings (SSSR count). The standard InChI is InChI=1S/C18H18F8N2/c1-9-5-11(3-4-14(9)27)8-28-15-7-13(19)12(6-10(15)2)16(20,17(21,22)23)18(24,25)26/h3-5,7,10,28H,6,8,27H2,1-2H3/t10-/m1/s1. The Balaban J connectivity index is 2.34. The molecule has 10 heteroatoms. The van der Waals surface area contributed by atoms with Crippen molar-refractivity contribution in [3.63, 3.8) is 0 Å². The van der Waals surface area contributed by atoms with Gasteiger partial charge in [-0.25, -0.2) is 8.78 Å². The van der Waals surface area contributed by atoms with Crippen LogP contribution in [0, 0.1) is 12.8 Å². The second-order valence-electron chi connectivity index (χ2n) is 6.73. The van der Waals surface area contributed by atoms with Gasteiger partial charge in [0.05, 0.1) is 0 Å². The van der Waals surface area contributed by atoms with Crippen LogP contribution in [-0.2, 0) is 6.54 Å². The van der Waals surface area contributed by atoms with Gasteiger partial charge in [0.2, 0.25) is 0 Å². The Bertz CT molecular complexity index is 791. The number of allylic oxidation sites excluding steroid dienone is 4. The minimum absolute atomic E-state index is 0.0717. The molecule has 0 amide bonds. The number of hydrogen-bond acceptors (Lipinski definition) is 2. The molecule has 0 bridgehead atoms. The molecule has 0 aromatic heterocycles. The fourth-order valence-electron chi connectivity index (χ4n) is 2.96. The maximum absolute atomic E-state index is 14.2. The van der Waals surface area contributed by atoms with Crippen LogP contribution >= 0.6 is 0 Å². The number of rotatable bonds is 4. The lowest BCUT2D eigenvalue weighted by Crippen LogP contribution is -2.55. The second kappa shape index (κ2) is 7.29. The van der Waals surface area contributed by atoms with Crippen LogP contribution in [0.3, 0.4) is 0 Å². The molecule has 2 nitrogen and oxygen atoms in total. The Hall–Kier alpha value is -2.26. The van der Waals surface area contributed by atoms with Crippen molar-refractivity contribution in [2.24, 2.45) is 5.92 Å². The highest BCUT2D eigenvalue weighted by Gasteiger charge is 2.75. The van der Waals surface area contributed by atoms with Gasteiger partial charge in [-0.2, -0.15) is 26.3 Å². The first-order valence-corrected chi connectivity index (χ1v) is 8.20. The molecule has 3 N–H and O–H groups in total. The van der Waals surface area contributed by atoms with Crippen molar-refractivity contribution in [3.8, 4) is 0 Å². The van der Waals surface area contributed by atoms with Crippen LogP contribution in [-0.4, -0.2) is 18.0 Å². The van der Waals surface area contributed by atoms with Crippen LogP contribution in [0.5, 0.6) is 0 Å². The van der Waals surface area contributed by atoms with Gasteiger partial charge < -0.3 is 11.1 Å². The van der Waals surface area contributed by atoms with E-state index in [9.17, 15) is 35.1 Å². The number of alkyl halides is 7. The van der Waals surface area contributed by atoms with Crippen LogP contribution in [0.2, 0.25) is 0 Å². The molecule has 1 aromatic carbocycles. The number of aryl methyl sites for hydroxylation is 1. The molecule has 28 heavy (non-hydrogen) atoms. The molecule has 1 aliphatic rings. The molecule has 0 aliphatic heterocycles. The lowest BCUT2D eigenvalue weighted by molar-refractivity contribution is -0.327. The van der Waals surface area contributed by atoms with E-state index in [-0.39, 0.29) is 12.2 Å². The summed E-state index contributed by atoms with van der Waals surface area (Å²) in [6, 6.07) is 5.03. The van der Waals surface area contributed by atoms with E-state index in [2.05, 4.69) is 5.32 Å². The topological polar surface area (TPSA) is 38.0 Å². The molecule has 1 aliphatic carbocycles. The molecule has 0 saturated heterocycles. The van der Waals surface area contributed by atoms with Crippen LogP contribution in [0.4, 0.5) is 40.8 Å². The van der Waals surface area contributed by atoms with Gasteiger partial charge in [-0.05, 0) is 42.5 Å². The Labute approximate surface area is 156 Å². The first-order chi connectivity index (χ1) is 12.7. The van der Waals surface area contributed by atoms with E-state index in [1.54, 1.807) is 25.1 Å². The molecule has 0 spiro atoms. The molecule has 0 radical (unpaired) electrons. The Morgan fingerprint density at radius 1 is 1.07 bits per heavy atom. The van der Waals surface area contributed by atoms with Gasteiger partial charge in [-0.15, -0.1) is 0 Å². The predicted octanol–water partition coefficient (Wildman–Crippen LogP) is 5.65. The van der Waals surface area contributed by atoms with E-state index in [0.29, 0.717) is 11.8 Å². The summed E-state index contributed by atoms with van der Waals surface area (Å²) in [6.07, 6.45) is -13.3. The van der Waals surface area contributed by atoms with Gasteiger partial charge in [-0.1, -0.05) is 19.1 Å². The molecule has 156 valence electrons. The van der Waals surface area contributed by atoms with E-state index in [0.717, 1.165) is 11.1 Å². The number of anilines is 1. The molecular weight excluding hydrogens is 396 g/mol. The van der Waals surface area contributed by atoms with Crippen LogP contribution in [0.1, 0.15) is 24.5 Å². The van der Waals surface area contributed by atoms with Gasteiger partial charge in [0.25, 0.3) is 0 Å². The smallest absolute Gasteiger partial charge is 0.399 e. The SMILES string of the molecule is Cc1cc(CNC2=CC(F)=C(C(F)(C(F)(F)F)C(F)(F)F)C[C@H]2C)ccc1N. The molecule has 0 saturated carbocycles. The van der Waals surface area contributed by atoms with Crippen molar-refractivity contribution >= 4 is 5.69 Å². The number of nitrogen functional groups attached to an aromatic ring is 1. The van der Waals surface area contributed by atoms with Crippen molar-refractivity contribution in [2.75, 3.05) is 5.73 Å². The van der Waals surface area contributed by atoms with Gasteiger partial charge in [0, 0.05) is 23.5 Å². The van der Waals surface area contributed by atoms with E-state index in [1.807, 2.05) is 0 Å². The minimum Gasteiger partial charge on any atom is -0.399 e. The third-order valence-electron chi connectivity index (χ3n) is 4.64. The zero-order valence-corrected chi connectivity index (χ0v) is 14.9. The van der Waals surface area contributed by atoms with Crippen molar-refractivity contribution < 1.29 is 35.1 Å². The van der Waals surface area contributed by atoms with E-state index in [1.165, 1.54) is 6.92 Å². The van der Waals surface area contributed by atoms with Crippen LogP contribution in [0.15, 0.2) is 41.4 Å². The summed E-state index contributed by atoms with van der Waals surface area (Å²) in [5.74, 6) is -2.87. The lowest BCUT2D eigenvalue weighted by Gasteiger charge is -2.35. The third kappa shape index (κ3) is 3.95. The summed E-state index contributed by atoms with van der Waals surface area (Å²) in [5.41, 5.74) is 0.0974. The van der Waals surface area contributed by atoms with Crippen molar-refractivity contribution in [1.29, 1.82) is 0 Å². The average Bonchev–Trinajstić information content (AvgIpc) is 2.55. The first kappa shape index (κ1) is 22.0. The summed E-state index contributed by atoms with van der Waals surface area (Å²) in [5, 5.41) is 2.78. The van der Waals surface area contributed by atoms with Crippen molar-refractivity contribution in [2.45, 2.75) is 44.8 Å². The van der Waals surface area contributed by atoms with E-state index < -0.39 is 41.8 Å². The summed E-state index contributed by atoms with van der Waals surface area (Å²) < 4.78 is 106. The fourth-order valence-corrected chi connectivity index (χ4v) is 2.96. The average molecular weight is 414 g/mol. The largest absolute Gasteiger partial charge is 0.435 e. The van der Waals surface area contributed by atoms with E-state index >= 15 is 0 Å². The van der Waals surface area contributed by atoms with Crippen LogP contribution in [0.25, 0.3) is 0 Å². The van der Waals surface area contributed by atoms with Gasteiger partial charge in [0.15, 0.2) is 0 Å². The highest BCUT2D eigenvalue weighted by Crippen LogP contribution is 2.54. The third-order valence-corrected chi connectivity index (χ3v) is 4.64. The monoisotopic (exact) mass is 414 g/mol. The maximum atomic E-state index is 14.2. The minimum atomic E-state index is -6.34. The molecule has 0 fully saturated rings. The highest BCUT2D eigenvalue weighted by molar-refractivity contribution is 5.47. The van der Waals surface area contributed by atoms with Crippen molar-refractivity contribution in [1.82, 2.24) is 5.32 Å².